The zero-order chi connectivity index (χ0) is 22.1. The number of nitrogens with zero attached hydrogens (tertiary/aromatic N) is 1. The van der Waals surface area contributed by atoms with E-state index in [9.17, 15) is 9.59 Å². The number of anilines is 2. The summed E-state index contributed by atoms with van der Waals surface area (Å²) in [6.07, 6.45) is 2.22. The number of carbonyl (C=O) groups excluding carboxylic acids is 2. The Morgan fingerprint density at radius 1 is 1.03 bits per heavy atom. The van der Waals surface area contributed by atoms with Crippen LogP contribution in [0.25, 0.3) is 0 Å². The first-order valence-corrected chi connectivity index (χ1v) is 10.4. The largest absolute Gasteiger partial charge is 0.496 e. The maximum atomic E-state index is 12.8. The monoisotopic (exact) mass is 426 g/mol. The van der Waals surface area contributed by atoms with E-state index in [2.05, 4.69) is 20.9 Å². The summed E-state index contributed by atoms with van der Waals surface area (Å²) in [6, 6.07) is 12.6. The molecule has 0 spiro atoms. The number of rotatable bonds is 9. The van der Waals surface area contributed by atoms with Crippen LogP contribution in [-0.4, -0.2) is 52.4 Å². The Morgan fingerprint density at radius 3 is 2.55 bits per heavy atom. The minimum Gasteiger partial charge on any atom is -0.496 e. The molecular weight excluding hydrogens is 396 g/mol. The Bertz CT molecular complexity index is 897. The van der Waals surface area contributed by atoms with Crippen LogP contribution in [0.5, 0.6) is 5.75 Å². The number of methoxy groups -OCH3 is 2. The van der Waals surface area contributed by atoms with Gasteiger partial charge in [-0.25, -0.2) is 4.79 Å². The van der Waals surface area contributed by atoms with Gasteiger partial charge in [0.05, 0.1) is 25.1 Å². The number of ether oxygens (including phenoxy) is 2. The summed E-state index contributed by atoms with van der Waals surface area (Å²) in [5.74, 6) is 0.504. The van der Waals surface area contributed by atoms with Crippen LogP contribution in [0.15, 0.2) is 42.5 Å². The molecule has 0 radical (unpaired) electrons. The lowest BCUT2D eigenvalue weighted by Crippen LogP contribution is -2.32. The Hall–Kier alpha value is -3.26. The Labute approximate surface area is 182 Å². The molecule has 1 fully saturated rings. The molecule has 2 aromatic rings. The summed E-state index contributed by atoms with van der Waals surface area (Å²) in [5.41, 5.74) is 2.90. The Morgan fingerprint density at radius 2 is 1.81 bits per heavy atom. The minimum absolute atomic E-state index is 0.221. The third-order valence-corrected chi connectivity index (χ3v) is 5.18. The number of carbonyl (C=O) groups is 2. The molecule has 1 aliphatic rings. The van der Waals surface area contributed by atoms with Crippen molar-refractivity contribution in [2.75, 3.05) is 50.7 Å². The fourth-order valence-electron chi connectivity index (χ4n) is 3.57. The number of amides is 3. The van der Waals surface area contributed by atoms with Crippen molar-refractivity contribution in [3.63, 3.8) is 0 Å². The van der Waals surface area contributed by atoms with Gasteiger partial charge in [0.15, 0.2) is 0 Å². The second kappa shape index (κ2) is 11.2. The molecule has 0 bridgehead atoms. The van der Waals surface area contributed by atoms with Gasteiger partial charge < -0.3 is 30.3 Å². The van der Waals surface area contributed by atoms with Crippen molar-refractivity contribution in [1.29, 1.82) is 0 Å². The highest BCUT2D eigenvalue weighted by molar-refractivity contribution is 5.99. The smallest absolute Gasteiger partial charge is 0.319 e. The van der Waals surface area contributed by atoms with E-state index in [1.807, 2.05) is 30.3 Å². The lowest BCUT2D eigenvalue weighted by molar-refractivity contribution is 0.0950. The summed E-state index contributed by atoms with van der Waals surface area (Å²) < 4.78 is 10.3. The van der Waals surface area contributed by atoms with E-state index in [0.717, 1.165) is 42.9 Å². The minimum atomic E-state index is -0.330. The third-order valence-electron chi connectivity index (χ3n) is 5.18. The van der Waals surface area contributed by atoms with Crippen LogP contribution in [0, 0.1) is 0 Å². The number of benzene rings is 2. The number of nitrogens with one attached hydrogen (secondary N) is 3. The van der Waals surface area contributed by atoms with Crippen molar-refractivity contribution in [3.8, 4) is 5.75 Å². The summed E-state index contributed by atoms with van der Waals surface area (Å²) in [7, 11) is 3.19. The molecule has 3 rings (SSSR count). The molecule has 1 heterocycles. The van der Waals surface area contributed by atoms with Crippen molar-refractivity contribution in [3.05, 3.63) is 53.6 Å². The standard InChI is InChI=1S/C23H30N4O4/c1-30-14-11-24-23(29)26-19-15-17(9-10-20(19)27-12-5-6-13-27)22(28)25-16-18-7-3-4-8-21(18)31-2/h3-4,7-10,15H,5-6,11-14,16H2,1-2H3,(H,25,28)(H2,24,26,29). The van der Waals surface area contributed by atoms with E-state index in [4.69, 9.17) is 9.47 Å². The lowest BCUT2D eigenvalue weighted by atomic mass is 10.1. The van der Waals surface area contributed by atoms with Gasteiger partial charge in [-0.2, -0.15) is 0 Å². The Kier molecular flexibility index (Phi) is 8.12. The Balaban J connectivity index is 1.73. The normalized spacial score (nSPS) is 13.0. The molecule has 0 aliphatic carbocycles. The average molecular weight is 427 g/mol. The molecule has 3 amide bonds. The first-order valence-electron chi connectivity index (χ1n) is 10.4. The predicted octanol–water partition coefficient (Wildman–Crippen LogP) is 2.99. The van der Waals surface area contributed by atoms with Crippen molar-refractivity contribution >= 4 is 23.3 Å². The molecule has 8 heteroatoms. The molecule has 0 atom stereocenters. The summed E-state index contributed by atoms with van der Waals surface area (Å²) in [6.45, 7) is 3.04. The van der Waals surface area contributed by atoms with Gasteiger partial charge in [-0.1, -0.05) is 18.2 Å². The van der Waals surface area contributed by atoms with Gasteiger partial charge in [0.2, 0.25) is 0 Å². The first kappa shape index (κ1) is 22.4. The van der Waals surface area contributed by atoms with Gasteiger partial charge in [0.25, 0.3) is 5.91 Å². The van der Waals surface area contributed by atoms with Crippen molar-refractivity contribution in [1.82, 2.24) is 10.6 Å². The molecule has 0 aromatic heterocycles. The molecule has 0 unspecified atom stereocenters. The topological polar surface area (TPSA) is 91.9 Å². The highest BCUT2D eigenvalue weighted by Gasteiger charge is 2.19. The van der Waals surface area contributed by atoms with Gasteiger partial charge in [-0.3, -0.25) is 4.79 Å². The van der Waals surface area contributed by atoms with Crippen molar-refractivity contribution in [2.45, 2.75) is 19.4 Å². The zero-order valence-corrected chi connectivity index (χ0v) is 18.1. The molecular formula is C23H30N4O4. The first-order chi connectivity index (χ1) is 15.1. The maximum Gasteiger partial charge on any atom is 0.319 e. The van der Waals surface area contributed by atoms with Crippen LogP contribution in [0.3, 0.4) is 0 Å². The summed E-state index contributed by atoms with van der Waals surface area (Å²) >= 11 is 0. The molecule has 1 aliphatic heterocycles. The summed E-state index contributed by atoms with van der Waals surface area (Å²) in [4.78, 5) is 27.3. The van der Waals surface area contributed by atoms with Crippen LogP contribution in [-0.2, 0) is 11.3 Å². The predicted molar refractivity (Wildman–Crippen MR) is 121 cm³/mol. The quantitative estimate of drug-likeness (QED) is 0.536. The highest BCUT2D eigenvalue weighted by Crippen LogP contribution is 2.30. The van der Waals surface area contributed by atoms with E-state index in [-0.39, 0.29) is 11.9 Å². The molecule has 2 aromatic carbocycles. The van der Waals surface area contributed by atoms with Crippen molar-refractivity contribution < 1.29 is 19.1 Å². The molecule has 8 nitrogen and oxygen atoms in total. The molecule has 166 valence electrons. The van der Waals surface area contributed by atoms with Crippen LogP contribution in [0.4, 0.5) is 16.2 Å². The second-order valence-electron chi connectivity index (χ2n) is 7.29. The molecule has 3 N–H and O–H groups in total. The number of urea groups is 1. The van der Waals surface area contributed by atoms with Gasteiger partial charge >= 0.3 is 6.03 Å². The van der Waals surface area contributed by atoms with Gasteiger partial charge in [0.1, 0.15) is 5.75 Å². The average Bonchev–Trinajstić information content (AvgIpc) is 3.32. The third kappa shape index (κ3) is 6.11. The van der Waals surface area contributed by atoms with Crippen LogP contribution in [0.2, 0.25) is 0 Å². The number of hydrogen-bond acceptors (Lipinski definition) is 5. The van der Waals surface area contributed by atoms with E-state index in [0.29, 0.717) is 30.9 Å². The van der Waals surface area contributed by atoms with Crippen LogP contribution >= 0.6 is 0 Å². The van der Waals surface area contributed by atoms with Crippen LogP contribution < -0.4 is 25.6 Å². The van der Waals surface area contributed by atoms with Crippen LogP contribution in [0.1, 0.15) is 28.8 Å². The fraction of sp³-hybridized carbons (Fsp3) is 0.391. The molecule has 1 saturated heterocycles. The fourth-order valence-corrected chi connectivity index (χ4v) is 3.57. The molecule has 31 heavy (non-hydrogen) atoms. The summed E-state index contributed by atoms with van der Waals surface area (Å²) in [5, 5.41) is 8.56. The van der Waals surface area contributed by atoms with Gasteiger partial charge in [0, 0.05) is 44.4 Å². The zero-order valence-electron chi connectivity index (χ0n) is 18.1. The van der Waals surface area contributed by atoms with E-state index in [1.54, 1.807) is 26.4 Å². The van der Waals surface area contributed by atoms with E-state index < -0.39 is 0 Å². The highest BCUT2D eigenvalue weighted by atomic mass is 16.5. The number of hydrogen-bond donors (Lipinski definition) is 3. The van der Waals surface area contributed by atoms with E-state index >= 15 is 0 Å². The second-order valence-corrected chi connectivity index (χ2v) is 7.29. The van der Waals surface area contributed by atoms with Gasteiger partial charge in [-0.15, -0.1) is 0 Å². The molecule has 0 saturated carbocycles. The van der Waals surface area contributed by atoms with Crippen molar-refractivity contribution in [2.24, 2.45) is 0 Å². The lowest BCUT2D eigenvalue weighted by Gasteiger charge is -2.22. The maximum absolute atomic E-state index is 12.8. The van der Waals surface area contributed by atoms with E-state index in [1.165, 1.54) is 0 Å². The number of para-hydroxylation sites is 1. The SMILES string of the molecule is COCCNC(=O)Nc1cc(C(=O)NCc2ccccc2OC)ccc1N1CCCC1. The van der Waals surface area contributed by atoms with Gasteiger partial charge in [-0.05, 0) is 37.1 Å².